The number of carbonyl (C=O) groups is 3. The molecule has 1 aliphatic rings. The average molecular weight is 394 g/mol. The molecule has 0 atom stereocenters. The molecule has 1 aromatic heterocycles. The fourth-order valence-corrected chi connectivity index (χ4v) is 3.18. The molecule has 150 valence electrons. The van der Waals surface area contributed by atoms with E-state index in [-0.39, 0.29) is 36.9 Å². The minimum atomic E-state index is -0.421. The van der Waals surface area contributed by atoms with E-state index in [2.05, 4.69) is 10.3 Å². The SMILES string of the molecule is CC(=O)Nc1ccc(C2=C(N(C)CCO)C(=O)N(Cc3cccnc3)C2=O)cc1. The number of anilines is 1. The first-order chi connectivity index (χ1) is 13.9. The number of nitrogens with one attached hydrogen (secondary N) is 1. The van der Waals surface area contributed by atoms with Crippen LogP contribution >= 0.6 is 0 Å². The zero-order chi connectivity index (χ0) is 21.0. The molecule has 0 spiro atoms. The summed E-state index contributed by atoms with van der Waals surface area (Å²) in [4.78, 5) is 44.3. The quantitative estimate of drug-likeness (QED) is 0.685. The van der Waals surface area contributed by atoms with Gasteiger partial charge in [0.05, 0.1) is 18.7 Å². The molecule has 1 aliphatic heterocycles. The summed E-state index contributed by atoms with van der Waals surface area (Å²) in [5.74, 6) is -1.03. The predicted octanol–water partition coefficient (Wildman–Crippen LogP) is 1.24. The molecule has 2 N–H and O–H groups in total. The van der Waals surface area contributed by atoms with Gasteiger partial charge in [-0.25, -0.2) is 0 Å². The van der Waals surface area contributed by atoms with E-state index < -0.39 is 11.8 Å². The van der Waals surface area contributed by atoms with Gasteiger partial charge in [0, 0.05) is 38.6 Å². The summed E-state index contributed by atoms with van der Waals surface area (Å²) < 4.78 is 0. The lowest BCUT2D eigenvalue weighted by Crippen LogP contribution is -2.34. The van der Waals surface area contributed by atoms with Gasteiger partial charge in [-0.05, 0) is 29.3 Å². The van der Waals surface area contributed by atoms with Gasteiger partial charge in [0.25, 0.3) is 11.8 Å². The Bertz CT molecular complexity index is 954. The molecule has 0 saturated heterocycles. The third-order valence-corrected chi connectivity index (χ3v) is 4.52. The number of carbonyl (C=O) groups excluding carboxylic acids is 3. The minimum Gasteiger partial charge on any atom is -0.395 e. The van der Waals surface area contributed by atoms with Crippen molar-refractivity contribution in [1.29, 1.82) is 0 Å². The fraction of sp³-hybridized carbons (Fsp3) is 0.238. The predicted molar refractivity (Wildman–Crippen MR) is 107 cm³/mol. The molecule has 0 unspecified atom stereocenters. The van der Waals surface area contributed by atoms with E-state index in [1.54, 1.807) is 60.7 Å². The van der Waals surface area contributed by atoms with Crippen LogP contribution in [0, 0.1) is 0 Å². The number of hydrogen-bond acceptors (Lipinski definition) is 6. The average Bonchev–Trinajstić information content (AvgIpc) is 2.94. The number of imide groups is 1. The standard InChI is InChI=1S/C21H22N4O4/c1-14(27)23-17-7-5-16(6-8-17)18-19(24(2)10-11-26)21(29)25(20(18)28)13-15-4-3-9-22-12-15/h3-9,12,26H,10-11,13H2,1-2H3,(H,23,27). The second-order valence-electron chi connectivity index (χ2n) is 6.69. The summed E-state index contributed by atoms with van der Waals surface area (Å²) in [6, 6.07) is 10.3. The lowest BCUT2D eigenvalue weighted by molar-refractivity contribution is -0.138. The van der Waals surface area contributed by atoms with E-state index in [0.717, 1.165) is 5.56 Å². The second kappa shape index (κ2) is 8.66. The van der Waals surface area contributed by atoms with Crippen molar-refractivity contribution in [1.82, 2.24) is 14.8 Å². The molecule has 8 heteroatoms. The van der Waals surface area contributed by atoms with E-state index in [1.807, 2.05) is 0 Å². The lowest BCUT2D eigenvalue weighted by atomic mass is 10.0. The maximum Gasteiger partial charge on any atom is 0.278 e. The highest BCUT2D eigenvalue weighted by Crippen LogP contribution is 2.32. The molecule has 0 bridgehead atoms. The molecular formula is C21H22N4O4. The number of hydrogen-bond donors (Lipinski definition) is 2. The smallest absolute Gasteiger partial charge is 0.278 e. The van der Waals surface area contributed by atoms with Crippen molar-refractivity contribution < 1.29 is 19.5 Å². The molecule has 8 nitrogen and oxygen atoms in total. The molecule has 2 heterocycles. The third kappa shape index (κ3) is 4.33. The minimum absolute atomic E-state index is 0.107. The van der Waals surface area contributed by atoms with Crippen LogP contribution in [-0.4, -0.2) is 57.8 Å². The first kappa shape index (κ1) is 20.2. The van der Waals surface area contributed by atoms with Gasteiger partial charge < -0.3 is 15.3 Å². The van der Waals surface area contributed by atoms with Crippen molar-refractivity contribution in [3.63, 3.8) is 0 Å². The van der Waals surface area contributed by atoms with Crippen molar-refractivity contribution in [3.05, 3.63) is 65.6 Å². The Balaban J connectivity index is 1.98. The van der Waals surface area contributed by atoms with Gasteiger partial charge in [0.1, 0.15) is 5.70 Å². The molecule has 29 heavy (non-hydrogen) atoms. The van der Waals surface area contributed by atoms with Crippen LogP contribution in [0.4, 0.5) is 5.69 Å². The van der Waals surface area contributed by atoms with Crippen LogP contribution in [0.2, 0.25) is 0 Å². The summed E-state index contributed by atoms with van der Waals surface area (Å²) in [5, 5.41) is 12.0. The van der Waals surface area contributed by atoms with Crippen LogP contribution in [0.5, 0.6) is 0 Å². The highest BCUT2D eigenvalue weighted by Gasteiger charge is 2.40. The molecule has 1 aromatic carbocycles. The number of rotatable bonds is 7. The van der Waals surface area contributed by atoms with Gasteiger partial charge in [-0.3, -0.25) is 24.3 Å². The number of aromatic nitrogens is 1. The summed E-state index contributed by atoms with van der Waals surface area (Å²) in [6.45, 7) is 1.57. The van der Waals surface area contributed by atoms with Crippen molar-refractivity contribution in [2.75, 3.05) is 25.5 Å². The van der Waals surface area contributed by atoms with E-state index in [0.29, 0.717) is 11.3 Å². The first-order valence-electron chi connectivity index (χ1n) is 9.11. The van der Waals surface area contributed by atoms with Crippen LogP contribution in [-0.2, 0) is 20.9 Å². The summed E-state index contributed by atoms with van der Waals surface area (Å²) >= 11 is 0. The maximum absolute atomic E-state index is 13.2. The van der Waals surface area contributed by atoms with Gasteiger partial charge in [-0.2, -0.15) is 0 Å². The van der Waals surface area contributed by atoms with E-state index >= 15 is 0 Å². The topological polar surface area (TPSA) is 103 Å². The van der Waals surface area contributed by atoms with Crippen LogP contribution in [0.3, 0.4) is 0 Å². The first-order valence-corrected chi connectivity index (χ1v) is 9.11. The Kier molecular flexibility index (Phi) is 6.04. The number of pyridine rings is 1. The zero-order valence-electron chi connectivity index (χ0n) is 16.3. The fourth-order valence-electron chi connectivity index (χ4n) is 3.18. The van der Waals surface area contributed by atoms with Gasteiger partial charge >= 0.3 is 0 Å². The van der Waals surface area contributed by atoms with Gasteiger partial charge in [0.2, 0.25) is 5.91 Å². The van der Waals surface area contributed by atoms with Gasteiger partial charge in [0.15, 0.2) is 0 Å². The molecule has 0 saturated carbocycles. The Morgan fingerprint density at radius 3 is 2.48 bits per heavy atom. The number of aliphatic hydroxyl groups excluding tert-OH is 1. The van der Waals surface area contributed by atoms with Crippen LogP contribution in [0.25, 0.3) is 5.57 Å². The number of nitrogens with zero attached hydrogens (tertiary/aromatic N) is 3. The van der Waals surface area contributed by atoms with E-state index in [9.17, 15) is 19.5 Å². The summed E-state index contributed by atoms with van der Waals surface area (Å²) in [6.07, 6.45) is 3.23. The van der Waals surface area contributed by atoms with Crippen molar-refractivity contribution >= 4 is 29.0 Å². The Hall–Kier alpha value is -3.52. The van der Waals surface area contributed by atoms with Crippen molar-refractivity contribution in [3.8, 4) is 0 Å². The second-order valence-corrected chi connectivity index (χ2v) is 6.69. The molecule has 3 rings (SSSR count). The van der Waals surface area contributed by atoms with Crippen LogP contribution < -0.4 is 5.32 Å². The number of amides is 3. The highest BCUT2D eigenvalue weighted by atomic mass is 16.3. The summed E-state index contributed by atoms with van der Waals surface area (Å²) in [5.41, 5.74) is 2.40. The molecule has 3 amide bonds. The Labute approximate surface area is 168 Å². The maximum atomic E-state index is 13.2. The highest BCUT2D eigenvalue weighted by molar-refractivity contribution is 6.35. The normalized spacial score (nSPS) is 13.8. The van der Waals surface area contributed by atoms with Crippen molar-refractivity contribution in [2.24, 2.45) is 0 Å². The number of benzene rings is 1. The van der Waals surface area contributed by atoms with E-state index in [1.165, 1.54) is 11.8 Å². The largest absolute Gasteiger partial charge is 0.395 e. The molecule has 0 aliphatic carbocycles. The number of likely N-dealkylation sites (N-methyl/N-ethyl adjacent to an activating group) is 1. The lowest BCUT2D eigenvalue weighted by Gasteiger charge is -2.20. The number of aliphatic hydroxyl groups is 1. The van der Waals surface area contributed by atoms with Gasteiger partial charge in [-0.1, -0.05) is 18.2 Å². The molecule has 0 radical (unpaired) electrons. The van der Waals surface area contributed by atoms with Gasteiger partial charge in [-0.15, -0.1) is 0 Å². The van der Waals surface area contributed by atoms with Crippen LogP contribution in [0.1, 0.15) is 18.1 Å². The Morgan fingerprint density at radius 2 is 1.90 bits per heavy atom. The summed E-state index contributed by atoms with van der Waals surface area (Å²) in [7, 11) is 1.66. The monoisotopic (exact) mass is 394 g/mol. The van der Waals surface area contributed by atoms with E-state index in [4.69, 9.17) is 0 Å². The zero-order valence-corrected chi connectivity index (χ0v) is 16.3. The Morgan fingerprint density at radius 1 is 1.17 bits per heavy atom. The third-order valence-electron chi connectivity index (χ3n) is 4.52. The van der Waals surface area contributed by atoms with Crippen molar-refractivity contribution in [2.45, 2.75) is 13.5 Å². The molecule has 2 aromatic rings. The molecule has 0 fully saturated rings. The molecular weight excluding hydrogens is 372 g/mol. The van der Waals surface area contributed by atoms with Crippen LogP contribution in [0.15, 0.2) is 54.5 Å².